The third-order valence-electron chi connectivity index (χ3n) is 14.7. The van der Waals surface area contributed by atoms with E-state index in [1.807, 2.05) is 12.1 Å². The van der Waals surface area contributed by atoms with Gasteiger partial charge < -0.3 is 13.9 Å². The predicted octanol–water partition coefficient (Wildman–Crippen LogP) is 17.8. The van der Waals surface area contributed by atoms with E-state index in [1.54, 1.807) is 0 Å². The van der Waals surface area contributed by atoms with E-state index < -0.39 is 5.41 Å². The van der Waals surface area contributed by atoms with Crippen LogP contribution in [0.3, 0.4) is 0 Å². The highest BCUT2D eigenvalue weighted by molar-refractivity contribution is 6.09. The maximum absolute atomic E-state index is 6.12. The largest absolute Gasteiger partial charge is 0.456 e. The minimum atomic E-state index is -0.473. The lowest BCUT2D eigenvalue weighted by atomic mass is 9.68. The van der Waals surface area contributed by atoms with E-state index in [2.05, 4.69) is 264 Å². The number of anilines is 3. The van der Waals surface area contributed by atoms with Gasteiger partial charge in [-0.25, -0.2) is 0 Å². The zero-order valence-electron chi connectivity index (χ0n) is 38.2. The van der Waals surface area contributed by atoms with Crippen molar-refractivity contribution in [2.45, 2.75) is 5.41 Å². The van der Waals surface area contributed by atoms with Gasteiger partial charge in [0.1, 0.15) is 11.2 Å². The number of para-hydroxylation sites is 3. The SMILES string of the molecule is c1ccc(C2(c3ccccc3)c3ccccc3-c3cc(N(c4ccc(-c5ccc(-c6ccc7oc8ccccc8c7c6)cc5)cc4)c4ccc(-n5c6ccccc6c6ccccc65)cc4)ccc32)cc1. The van der Waals surface area contributed by atoms with Crippen molar-refractivity contribution in [3.05, 3.63) is 289 Å². The molecule has 11 aromatic carbocycles. The molecule has 13 aromatic rings. The molecule has 1 aliphatic carbocycles. The van der Waals surface area contributed by atoms with E-state index in [4.69, 9.17) is 4.42 Å². The molecule has 1 aliphatic rings. The van der Waals surface area contributed by atoms with Gasteiger partial charge in [-0.3, -0.25) is 0 Å². The standard InChI is InChI=1S/C67H44N2O/c1-3-15-49(16-4-1)67(50-17-5-2-6-18-50)61-23-11-7-19-55(61)59-44-54(40-41-62(59)67)68(52-36-38-53(39-37-52)69-63-24-12-8-20-56(63)57-21-9-13-25-64(57)69)51-34-31-46(32-35-51)45-27-29-47(30-28-45)48-33-42-66-60(43-48)58-22-10-14-26-65(58)70-66/h1-44H. The highest BCUT2D eigenvalue weighted by Crippen LogP contribution is 2.57. The maximum atomic E-state index is 6.12. The van der Waals surface area contributed by atoms with Gasteiger partial charge in [0.05, 0.1) is 16.4 Å². The summed E-state index contributed by atoms with van der Waals surface area (Å²) < 4.78 is 8.51. The summed E-state index contributed by atoms with van der Waals surface area (Å²) in [5, 5.41) is 4.78. The van der Waals surface area contributed by atoms with E-state index in [0.717, 1.165) is 50.3 Å². The van der Waals surface area contributed by atoms with Gasteiger partial charge in [0.15, 0.2) is 0 Å². The van der Waals surface area contributed by atoms with Crippen LogP contribution in [0.4, 0.5) is 17.1 Å². The lowest BCUT2D eigenvalue weighted by Gasteiger charge is -2.34. The smallest absolute Gasteiger partial charge is 0.135 e. The van der Waals surface area contributed by atoms with Gasteiger partial charge in [-0.1, -0.05) is 188 Å². The summed E-state index contributed by atoms with van der Waals surface area (Å²) in [6.45, 7) is 0. The summed E-state index contributed by atoms with van der Waals surface area (Å²) in [4.78, 5) is 2.41. The molecular formula is C67H44N2O. The minimum absolute atomic E-state index is 0.473. The predicted molar refractivity (Wildman–Crippen MR) is 291 cm³/mol. The first-order valence-corrected chi connectivity index (χ1v) is 24.1. The van der Waals surface area contributed by atoms with Crippen molar-refractivity contribution in [3.63, 3.8) is 0 Å². The fraction of sp³-hybridized carbons (Fsp3) is 0.0149. The lowest BCUT2D eigenvalue weighted by molar-refractivity contribution is 0.669. The average Bonchev–Trinajstić information content (AvgIpc) is 4.08. The van der Waals surface area contributed by atoms with Crippen LogP contribution in [-0.2, 0) is 5.41 Å². The quantitative estimate of drug-likeness (QED) is 0.152. The van der Waals surface area contributed by atoms with Crippen LogP contribution in [0.5, 0.6) is 0 Å². The van der Waals surface area contributed by atoms with Gasteiger partial charge in [0.2, 0.25) is 0 Å². The third-order valence-corrected chi connectivity index (χ3v) is 14.7. The molecule has 0 spiro atoms. The first kappa shape index (κ1) is 39.9. The van der Waals surface area contributed by atoms with E-state index in [1.165, 1.54) is 71.9 Å². The molecule has 3 heteroatoms. The second-order valence-electron chi connectivity index (χ2n) is 18.4. The highest BCUT2D eigenvalue weighted by atomic mass is 16.3. The fourth-order valence-corrected chi connectivity index (χ4v) is 11.5. The van der Waals surface area contributed by atoms with Gasteiger partial charge in [0, 0.05) is 44.3 Å². The summed E-state index contributed by atoms with van der Waals surface area (Å²) in [5.74, 6) is 0. The number of hydrogen-bond acceptors (Lipinski definition) is 2. The Morgan fingerprint density at radius 1 is 0.314 bits per heavy atom. The number of aromatic nitrogens is 1. The van der Waals surface area contributed by atoms with E-state index in [9.17, 15) is 0 Å². The number of rotatable bonds is 8. The van der Waals surface area contributed by atoms with E-state index >= 15 is 0 Å². The number of furan rings is 1. The molecule has 0 fully saturated rings. The second-order valence-corrected chi connectivity index (χ2v) is 18.4. The van der Waals surface area contributed by atoms with E-state index in [0.29, 0.717) is 0 Å². The van der Waals surface area contributed by atoms with Crippen molar-refractivity contribution < 1.29 is 4.42 Å². The van der Waals surface area contributed by atoms with Crippen LogP contribution in [0.1, 0.15) is 22.3 Å². The molecule has 70 heavy (non-hydrogen) atoms. The normalized spacial score (nSPS) is 12.7. The zero-order valence-corrected chi connectivity index (χ0v) is 38.2. The highest BCUT2D eigenvalue weighted by Gasteiger charge is 2.46. The third kappa shape index (κ3) is 6.15. The van der Waals surface area contributed by atoms with Crippen LogP contribution in [0, 0.1) is 0 Å². The number of hydrogen-bond donors (Lipinski definition) is 0. The monoisotopic (exact) mass is 892 g/mol. The zero-order chi connectivity index (χ0) is 46.2. The van der Waals surface area contributed by atoms with Crippen LogP contribution in [0.2, 0.25) is 0 Å². The first-order valence-electron chi connectivity index (χ1n) is 24.1. The van der Waals surface area contributed by atoms with Crippen LogP contribution in [-0.4, -0.2) is 4.57 Å². The fourth-order valence-electron chi connectivity index (χ4n) is 11.5. The average molecular weight is 893 g/mol. The molecule has 0 bridgehead atoms. The molecule has 0 unspecified atom stereocenters. The van der Waals surface area contributed by atoms with Gasteiger partial charge in [-0.15, -0.1) is 0 Å². The molecule has 3 nitrogen and oxygen atoms in total. The Hall–Kier alpha value is -9.18. The molecule has 0 aliphatic heterocycles. The topological polar surface area (TPSA) is 21.3 Å². The Balaban J connectivity index is 0.884. The van der Waals surface area contributed by atoms with Crippen molar-refractivity contribution in [2.75, 3.05) is 4.90 Å². The van der Waals surface area contributed by atoms with Gasteiger partial charge in [0.25, 0.3) is 0 Å². The number of benzene rings is 11. The molecule has 2 aromatic heterocycles. The Morgan fingerprint density at radius 2 is 0.786 bits per heavy atom. The summed E-state index contributed by atoms with van der Waals surface area (Å²) in [6.07, 6.45) is 0. The van der Waals surface area contributed by atoms with Crippen LogP contribution in [0.25, 0.3) is 82.8 Å². The number of fused-ring (bicyclic) bond motifs is 9. The maximum Gasteiger partial charge on any atom is 0.135 e. The second kappa shape index (κ2) is 16.0. The molecule has 0 N–H and O–H groups in total. The molecule has 0 saturated heterocycles. The van der Waals surface area contributed by atoms with Crippen molar-refractivity contribution in [3.8, 4) is 39.1 Å². The molecular weight excluding hydrogens is 849 g/mol. The van der Waals surface area contributed by atoms with Crippen molar-refractivity contribution >= 4 is 60.8 Å². The van der Waals surface area contributed by atoms with Gasteiger partial charge in [-0.05, 0) is 134 Å². The van der Waals surface area contributed by atoms with Crippen LogP contribution in [0.15, 0.2) is 271 Å². The molecule has 328 valence electrons. The minimum Gasteiger partial charge on any atom is -0.456 e. The Morgan fingerprint density at radius 3 is 1.44 bits per heavy atom. The first-order chi connectivity index (χ1) is 34.7. The lowest BCUT2D eigenvalue weighted by Crippen LogP contribution is -2.28. The summed E-state index contributed by atoms with van der Waals surface area (Å²) in [6, 6.07) is 97.3. The van der Waals surface area contributed by atoms with Crippen molar-refractivity contribution in [1.29, 1.82) is 0 Å². The molecule has 0 amide bonds. The molecule has 14 rings (SSSR count). The van der Waals surface area contributed by atoms with Gasteiger partial charge in [-0.2, -0.15) is 0 Å². The molecule has 0 atom stereocenters. The van der Waals surface area contributed by atoms with Gasteiger partial charge >= 0.3 is 0 Å². The summed E-state index contributed by atoms with van der Waals surface area (Å²) >= 11 is 0. The van der Waals surface area contributed by atoms with Crippen LogP contribution < -0.4 is 4.90 Å². The molecule has 0 saturated carbocycles. The number of nitrogens with zero attached hydrogens (tertiary/aromatic N) is 2. The summed E-state index contributed by atoms with van der Waals surface area (Å²) in [5.41, 5.74) is 20.4. The Bertz CT molecular complexity index is 4000. The summed E-state index contributed by atoms with van der Waals surface area (Å²) in [7, 11) is 0. The van der Waals surface area contributed by atoms with Crippen molar-refractivity contribution in [1.82, 2.24) is 4.57 Å². The Kier molecular flexibility index (Phi) is 9.11. The van der Waals surface area contributed by atoms with Crippen molar-refractivity contribution in [2.24, 2.45) is 0 Å². The van der Waals surface area contributed by atoms with Crippen LogP contribution >= 0.6 is 0 Å². The molecule has 0 radical (unpaired) electrons. The molecule has 2 heterocycles. The Labute approximate surface area is 406 Å². The van der Waals surface area contributed by atoms with E-state index in [-0.39, 0.29) is 0 Å².